The number of nitriles is 1. The molecule has 1 aromatic heterocycles. The van der Waals surface area contributed by atoms with Gasteiger partial charge in [0.05, 0.1) is 29.1 Å². The highest BCUT2D eigenvalue weighted by molar-refractivity contribution is 5.48. The van der Waals surface area contributed by atoms with E-state index in [-0.39, 0.29) is 0 Å². The first-order valence-corrected chi connectivity index (χ1v) is 5.36. The summed E-state index contributed by atoms with van der Waals surface area (Å²) in [5.41, 5.74) is 2.95. The van der Waals surface area contributed by atoms with Crippen molar-refractivity contribution in [2.45, 2.75) is 20.0 Å². The van der Waals surface area contributed by atoms with Crippen LogP contribution in [0.15, 0.2) is 30.5 Å². The molecule has 0 unspecified atom stereocenters. The van der Waals surface area contributed by atoms with Crippen molar-refractivity contribution in [3.8, 4) is 11.8 Å². The third kappa shape index (κ3) is 2.19. The van der Waals surface area contributed by atoms with Gasteiger partial charge in [0.2, 0.25) is 0 Å². The van der Waals surface area contributed by atoms with E-state index < -0.39 is 6.10 Å². The van der Waals surface area contributed by atoms with E-state index in [2.05, 4.69) is 11.2 Å². The van der Waals surface area contributed by atoms with Crippen molar-refractivity contribution in [3.05, 3.63) is 47.3 Å². The van der Waals surface area contributed by atoms with Gasteiger partial charge >= 0.3 is 0 Å². The molecular formula is C13H13N3O. The molecule has 4 nitrogen and oxygen atoms in total. The van der Waals surface area contributed by atoms with Crippen LogP contribution in [0.4, 0.5) is 0 Å². The highest BCUT2D eigenvalue weighted by atomic mass is 16.3. The van der Waals surface area contributed by atoms with E-state index in [0.717, 1.165) is 16.9 Å². The molecular weight excluding hydrogens is 214 g/mol. The number of aryl methyl sites for hydroxylation is 1. The van der Waals surface area contributed by atoms with Gasteiger partial charge in [-0.2, -0.15) is 10.4 Å². The van der Waals surface area contributed by atoms with Crippen molar-refractivity contribution in [2.75, 3.05) is 0 Å². The van der Waals surface area contributed by atoms with Crippen LogP contribution in [0, 0.1) is 18.3 Å². The first-order valence-electron chi connectivity index (χ1n) is 5.36. The van der Waals surface area contributed by atoms with Gasteiger partial charge in [0.15, 0.2) is 0 Å². The molecule has 1 aromatic carbocycles. The summed E-state index contributed by atoms with van der Waals surface area (Å²) in [6, 6.07) is 9.15. The number of rotatable bonds is 2. The van der Waals surface area contributed by atoms with E-state index in [9.17, 15) is 5.11 Å². The summed E-state index contributed by atoms with van der Waals surface area (Å²) in [6.07, 6.45) is 1.22. The summed E-state index contributed by atoms with van der Waals surface area (Å²) in [4.78, 5) is 0. The van der Waals surface area contributed by atoms with Crippen LogP contribution in [0.1, 0.15) is 29.8 Å². The number of hydrogen-bond acceptors (Lipinski definition) is 3. The fourth-order valence-electron chi connectivity index (χ4n) is 1.71. The zero-order valence-electron chi connectivity index (χ0n) is 9.75. The Bertz CT molecular complexity index is 579. The van der Waals surface area contributed by atoms with Crippen molar-refractivity contribution in [1.29, 1.82) is 5.26 Å². The van der Waals surface area contributed by atoms with E-state index in [1.54, 1.807) is 29.8 Å². The predicted octanol–water partition coefficient (Wildman–Crippen LogP) is 2.11. The molecule has 0 amide bonds. The molecule has 2 rings (SSSR count). The summed E-state index contributed by atoms with van der Waals surface area (Å²) >= 11 is 0. The molecule has 1 heterocycles. The highest BCUT2D eigenvalue weighted by Gasteiger charge is 2.11. The molecule has 0 saturated carbocycles. The topological polar surface area (TPSA) is 61.8 Å². The second-order valence-corrected chi connectivity index (χ2v) is 3.96. The molecule has 2 aromatic rings. The third-order valence-electron chi connectivity index (χ3n) is 2.58. The lowest BCUT2D eigenvalue weighted by Crippen LogP contribution is -2.04. The number of aliphatic hydroxyl groups excluding tert-OH is 1. The molecule has 0 spiro atoms. The monoisotopic (exact) mass is 227 g/mol. The maximum absolute atomic E-state index is 9.71. The summed E-state index contributed by atoms with van der Waals surface area (Å²) in [7, 11) is 0. The van der Waals surface area contributed by atoms with Gasteiger partial charge in [-0.1, -0.05) is 6.07 Å². The van der Waals surface area contributed by atoms with Crippen LogP contribution in [-0.4, -0.2) is 14.9 Å². The second kappa shape index (κ2) is 4.40. The van der Waals surface area contributed by atoms with Gasteiger partial charge in [-0.05, 0) is 32.0 Å². The molecule has 1 N–H and O–H groups in total. The molecule has 0 fully saturated rings. The van der Waals surface area contributed by atoms with Crippen molar-refractivity contribution in [2.24, 2.45) is 0 Å². The van der Waals surface area contributed by atoms with E-state index >= 15 is 0 Å². The first-order chi connectivity index (χ1) is 8.11. The van der Waals surface area contributed by atoms with Gasteiger partial charge in [-0.15, -0.1) is 0 Å². The largest absolute Gasteiger partial charge is 0.389 e. The Morgan fingerprint density at radius 2 is 2.18 bits per heavy atom. The van der Waals surface area contributed by atoms with Gasteiger partial charge in [0.1, 0.15) is 0 Å². The van der Waals surface area contributed by atoms with Crippen molar-refractivity contribution < 1.29 is 5.11 Å². The molecule has 17 heavy (non-hydrogen) atoms. The molecule has 0 radical (unpaired) electrons. The smallest absolute Gasteiger partial charge is 0.0992 e. The molecule has 86 valence electrons. The Hall–Kier alpha value is -2.12. The zero-order valence-corrected chi connectivity index (χ0v) is 9.75. The Morgan fingerprint density at radius 3 is 2.71 bits per heavy atom. The molecule has 1 atom stereocenters. The SMILES string of the molecule is Cc1ccn(-c2cc(C#N)ccc2[C@@H](C)O)n1. The Kier molecular flexibility index (Phi) is 2.94. The average molecular weight is 227 g/mol. The van der Waals surface area contributed by atoms with Crippen molar-refractivity contribution >= 4 is 0 Å². The Balaban J connectivity index is 2.61. The van der Waals surface area contributed by atoms with Crippen LogP contribution in [-0.2, 0) is 0 Å². The van der Waals surface area contributed by atoms with Gasteiger partial charge in [-0.3, -0.25) is 0 Å². The number of benzene rings is 1. The fraction of sp³-hybridized carbons (Fsp3) is 0.231. The van der Waals surface area contributed by atoms with Crippen molar-refractivity contribution in [1.82, 2.24) is 9.78 Å². The molecule has 0 aliphatic rings. The molecule has 0 aliphatic carbocycles. The van der Waals surface area contributed by atoms with Crippen molar-refractivity contribution in [3.63, 3.8) is 0 Å². The third-order valence-corrected chi connectivity index (χ3v) is 2.58. The molecule has 0 bridgehead atoms. The molecule has 4 heteroatoms. The summed E-state index contributed by atoms with van der Waals surface area (Å²) in [5.74, 6) is 0. The van der Waals surface area contributed by atoms with Crippen LogP contribution in [0.3, 0.4) is 0 Å². The molecule has 0 saturated heterocycles. The minimum atomic E-state index is -0.595. The van der Waals surface area contributed by atoms with Crippen LogP contribution in [0.2, 0.25) is 0 Å². The summed E-state index contributed by atoms with van der Waals surface area (Å²) in [6.45, 7) is 3.59. The summed E-state index contributed by atoms with van der Waals surface area (Å²) < 4.78 is 1.68. The lowest BCUT2D eigenvalue weighted by atomic mass is 10.1. The Morgan fingerprint density at radius 1 is 1.41 bits per heavy atom. The fourth-order valence-corrected chi connectivity index (χ4v) is 1.71. The number of aliphatic hydroxyl groups is 1. The molecule has 0 aliphatic heterocycles. The van der Waals surface area contributed by atoms with Gasteiger partial charge in [0.25, 0.3) is 0 Å². The maximum atomic E-state index is 9.71. The highest BCUT2D eigenvalue weighted by Crippen LogP contribution is 2.22. The minimum absolute atomic E-state index is 0.553. The van der Waals surface area contributed by atoms with Crippen LogP contribution in [0.5, 0.6) is 0 Å². The van der Waals surface area contributed by atoms with E-state index in [1.165, 1.54) is 0 Å². The van der Waals surface area contributed by atoms with Gasteiger partial charge in [0, 0.05) is 11.8 Å². The summed E-state index contributed by atoms with van der Waals surface area (Å²) in [5, 5.41) is 22.9. The number of aromatic nitrogens is 2. The normalized spacial score (nSPS) is 12.1. The van der Waals surface area contributed by atoms with Crippen LogP contribution >= 0.6 is 0 Å². The first kappa shape index (κ1) is 11.4. The van der Waals surface area contributed by atoms with Gasteiger partial charge < -0.3 is 5.11 Å². The standard InChI is InChI=1S/C13H13N3O/c1-9-5-6-16(15-9)13-7-11(8-14)3-4-12(13)10(2)17/h3-7,10,17H,1-2H3/t10-/m1/s1. The minimum Gasteiger partial charge on any atom is -0.389 e. The maximum Gasteiger partial charge on any atom is 0.0992 e. The van der Waals surface area contributed by atoms with Crippen LogP contribution in [0.25, 0.3) is 5.69 Å². The van der Waals surface area contributed by atoms with E-state index in [0.29, 0.717) is 5.56 Å². The number of hydrogen-bond donors (Lipinski definition) is 1. The predicted molar refractivity (Wildman–Crippen MR) is 63.6 cm³/mol. The second-order valence-electron chi connectivity index (χ2n) is 3.96. The lowest BCUT2D eigenvalue weighted by molar-refractivity contribution is 0.199. The van der Waals surface area contributed by atoms with E-state index in [4.69, 9.17) is 5.26 Å². The average Bonchev–Trinajstić information content (AvgIpc) is 2.75. The lowest BCUT2D eigenvalue weighted by Gasteiger charge is -2.12. The number of nitrogens with zero attached hydrogens (tertiary/aromatic N) is 3. The van der Waals surface area contributed by atoms with Gasteiger partial charge in [-0.25, -0.2) is 4.68 Å². The van der Waals surface area contributed by atoms with Crippen LogP contribution < -0.4 is 0 Å². The zero-order chi connectivity index (χ0) is 12.4. The quantitative estimate of drug-likeness (QED) is 0.854. The van der Waals surface area contributed by atoms with E-state index in [1.807, 2.05) is 19.2 Å². The Labute approximate surface area is 99.7 Å².